The lowest BCUT2D eigenvalue weighted by atomic mass is 9.68. The molecule has 0 spiro atoms. The highest BCUT2D eigenvalue weighted by Crippen LogP contribution is 2.44. The lowest BCUT2D eigenvalue weighted by Crippen LogP contribution is -2.24. The van der Waals surface area contributed by atoms with Gasteiger partial charge >= 0.3 is 0 Å². The minimum Gasteiger partial charge on any atom is -0.261 e. The zero-order chi connectivity index (χ0) is 22.8. The first kappa shape index (κ1) is 24.2. The van der Waals surface area contributed by atoms with Crippen molar-refractivity contribution in [2.45, 2.75) is 85.0 Å². The summed E-state index contributed by atoms with van der Waals surface area (Å²) in [5.41, 5.74) is 7.06. The molecule has 1 aromatic heterocycles. The monoisotopic (exact) mass is 427 g/mol. The average molecular weight is 428 g/mol. The highest BCUT2D eigenvalue weighted by molar-refractivity contribution is 5.77. The molecular formula is C31H41N. The van der Waals surface area contributed by atoms with Crippen LogP contribution in [0, 0.1) is 5.41 Å². The van der Waals surface area contributed by atoms with Crippen LogP contribution in [0.5, 0.6) is 0 Å². The summed E-state index contributed by atoms with van der Waals surface area (Å²) in [6, 6.07) is 2.42. The van der Waals surface area contributed by atoms with Crippen molar-refractivity contribution in [1.82, 2.24) is 4.98 Å². The van der Waals surface area contributed by atoms with Crippen molar-refractivity contribution in [3.05, 3.63) is 95.4 Å². The SMILES string of the molecule is CCCC(C)(CC)C(C)c1cc(CCCC2=CC=CCC=C2)ncc1C1=CCC=CC=C1. The van der Waals surface area contributed by atoms with Gasteiger partial charge in [0.05, 0.1) is 0 Å². The molecule has 0 bridgehead atoms. The molecule has 2 atom stereocenters. The second-order valence-corrected chi connectivity index (χ2v) is 9.59. The average Bonchev–Trinajstić information content (AvgIpc) is 3.24. The van der Waals surface area contributed by atoms with E-state index < -0.39 is 0 Å². The van der Waals surface area contributed by atoms with E-state index in [0.717, 1.165) is 32.1 Å². The number of aromatic nitrogens is 1. The molecule has 0 radical (unpaired) electrons. The molecule has 0 saturated heterocycles. The number of hydrogen-bond donors (Lipinski definition) is 0. The number of hydrogen-bond acceptors (Lipinski definition) is 1. The molecule has 2 aliphatic rings. The van der Waals surface area contributed by atoms with Crippen LogP contribution in [0.2, 0.25) is 0 Å². The number of allylic oxidation sites excluding steroid dienone is 12. The Morgan fingerprint density at radius 1 is 1.00 bits per heavy atom. The Labute approximate surface area is 196 Å². The van der Waals surface area contributed by atoms with Crippen molar-refractivity contribution in [3.63, 3.8) is 0 Å². The predicted molar refractivity (Wildman–Crippen MR) is 141 cm³/mol. The third-order valence-corrected chi connectivity index (χ3v) is 7.39. The fourth-order valence-corrected chi connectivity index (χ4v) is 4.94. The highest BCUT2D eigenvalue weighted by Gasteiger charge is 2.31. The Balaban J connectivity index is 1.87. The lowest BCUT2D eigenvalue weighted by molar-refractivity contribution is 0.229. The van der Waals surface area contributed by atoms with E-state index in [1.807, 2.05) is 0 Å². The van der Waals surface area contributed by atoms with Crippen LogP contribution >= 0.6 is 0 Å². The molecule has 0 N–H and O–H groups in total. The van der Waals surface area contributed by atoms with Crippen molar-refractivity contribution >= 4 is 5.57 Å². The summed E-state index contributed by atoms with van der Waals surface area (Å²) in [6.45, 7) is 9.58. The molecule has 0 fully saturated rings. The smallest absolute Gasteiger partial charge is 0.0407 e. The highest BCUT2D eigenvalue weighted by atomic mass is 14.7. The molecule has 2 aliphatic carbocycles. The van der Waals surface area contributed by atoms with Crippen molar-refractivity contribution in [2.24, 2.45) is 5.41 Å². The zero-order valence-electron chi connectivity index (χ0n) is 20.6. The second kappa shape index (κ2) is 12.0. The van der Waals surface area contributed by atoms with Crippen LogP contribution in [0.15, 0.2) is 78.6 Å². The quantitative estimate of drug-likeness (QED) is 0.363. The van der Waals surface area contributed by atoms with Gasteiger partial charge in [0.1, 0.15) is 0 Å². The fourth-order valence-electron chi connectivity index (χ4n) is 4.94. The minimum absolute atomic E-state index is 0.303. The molecular weight excluding hydrogens is 386 g/mol. The van der Waals surface area contributed by atoms with Crippen LogP contribution in [0.25, 0.3) is 5.57 Å². The summed E-state index contributed by atoms with van der Waals surface area (Å²) in [5.74, 6) is 0.493. The standard InChI is InChI=1S/C31H41N/c1-5-22-31(4,6-2)25(3)29-23-28(21-15-18-26-16-11-7-8-12-17-26)32-24-30(29)27-19-13-9-10-14-20-27/h7,9-13,16-17,19-20,23-25H,5-6,8,14-15,18,21-22H2,1-4H3. The first-order valence-corrected chi connectivity index (χ1v) is 12.6. The van der Waals surface area contributed by atoms with Gasteiger partial charge in [-0.15, -0.1) is 0 Å². The van der Waals surface area contributed by atoms with Crippen LogP contribution < -0.4 is 0 Å². The minimum atomic E-state index is 0.303. The molecule has 170 valence electrons. The Bertz CT molecular complexity index is 937. The van der Waals surface area contributed by atoms with Crippen molar-refractivity contribution < 1.29 is 0 Å². The number of rotatable bonds is 10. The normalized spacial score (nSPS) is 18.5. The van der Waals surface area contributed by atoms with E-state index in [2.05, 4.69) is 101 Å². The third-order valence-electron chi connectivity index (χ3n) is 7.39. The van der Waals surface area contributed by atoms with Crippen molar-refractivity contribution in [3.8, 4) is 0 Å². The summed E-state index contributed by atoms with van der Waals surface area (Å²) in [4.78, 5) is 4.94. The van der Waals surface area contributed by atoms with Gasteiger partial charge in [-0.3, -0.25) is 4.98 Å². The van der Waals surface area contributed by atoms with E-state index in [1.54, 1.807) is 0 Å². The van der Waals surface area contributed by atoms with Crippen LogP contribution in [-0.4, -0.2) is 4.98 Å². The van der Waals surface area contributed by atoms with E-state index in [1.165, 1.54) is 47.2 Å². The molecule has 0 aliphatic heterocycles. The largest absolute Gasteiger partial charge is 0.261 e. The molecule has 1 heterocycles. The summed E-state index contributed by atoms with van der Waals surface area (Å²) < 4.78 is 0. The van der Waals surface area contributed by atoms with Crippen LogP contribution in [-0.2, 0) is 6.42 Å². The number of aryl methyl sites for hydroxylation is 1. The van der Waals surface area contributed by atoms with Gasteiger partial charge in [-0.2, -0.15) is 0 Å². The summed E-state index contributed by atoms with van der Waals surface area (Å²) in [6.07, 6.45) is 33.4. The Hall–Kier alpha value is -2.41. The maximum atomic E-state index is 4.94. The van der Waals surface area contributed by atoms with E-state index in [-0.39, 0.29) is 0 Å². The molecule has 0 amide bonds. The third kappa shape index (κ3) is 6.31. The first-order valence-electron chi connectivity index (χ1n) is 12.6. The zero-order valence-corrected chi connectivity index (χ0v) is 20.6. The second-order valence-electron chi connectivity index (χ2n) is 9.59. The topological polar surface area (TPSA) is 12.9 Å². The van der Waals surface area contributed by atoms with E-state index >= 15 is 0 Å². The Morgan fingerprint density at radius 2 is 1.84 bits per heavy atom. The molecule has 1 nitrogen and oxygen atoms in total. The number of nitrogens with zero attached hydrogens (tertiary/aromatic N) is 1. The molecule has 0 saturated carbocycles. The van der Waals surface area contributed by atoms with E-state index in [9.17, 15) is 0 Å². The van der Waals surface area contributed by atoms with E-state index in [4.69, 9.17) is 4.98 Å². The molecule has 3 rings (SSSR count). The molecule has 32 heavy (non-hydrogen) atoms. The van der Waals surface area contributed by atoms with Gasteiger partial charge in [-0.05, 0) is 72.6 Å². The van der Waals surface area contributed by atoms with Gasteiger partial charge in [0.2, 0.25) is 0 Å². The lowest BCUT2D eigenvalue weighted by Gasteiger charge is -2.36. The van der Waals surface area contributed by atoms with E-state index in [0.29, 0.717) is 11.3 Å². The van der Waals surface area contributed by atoms with Crippen LogP contribution in [0.1, 0.15) is 95.4 Å². The first-order chi connectivity index (χ1) is 15.6. The Morgan fingerprint density at radius 3 is 2.66 bits per heavy atom. The summed E-state index contributed by atoms with van der Waals surface area (Å²) >= 11 is 0. The van der Waals surface area contributed by atoms with Crippen molar-refractivity contribution in [1.29, 1.82) is 0 Å². The Kier molecular flexibility index (Phi) is 9.09. The van der Waals surface area contributed by atoms with Crippen molar-refractivity contribution in [2.75, 3.05) is 0 Å². The molecule has 0 aromatic carbocycles. The predicted octanol–water partition coefficient (Wildman–Crippen LogP) is 9.07. The van der Waals surface area contributed by atoms with Gasteiger partial charge in [-0.1, -0.05) is 101 Å². The van der Waals surface area contributed by atoms with Gasteiger partial charge in [0.15, 0.2) is 0 Å². The maximum absolute atomic E-state index is 4.94. The molecule has 1 heteroatoms. The van der Waals surface area contributed by atoms with Crippen LogP contribution in [0.4, 0.5) is 0 Å². The number of pyridine rings is 1. The maximum Gasteiger partial charge on any atom is 0.0407 e. The summed E-state index contributed by atoms with van der Waals surface area (Å²) in [5, 5.41) is 0. The summed E-state index contributed by atoms with van der Waals surface area (Å²) in [7, 11) is 0. The molecule has 2 unspecified atom stereocenters. The van der Waals surface area contributed by atoms with Gasteiger partial charge in [-0.25, -0.2) is 0 Å². The fraction of sp³-hybridized carbons (Fsp3) is 0.452. The van der Waals surface area contributed by atoms with Gasteiger partial charge in [0, 0.05) is 17.5 Å². The van der Waals surface area contributed by atoms with Gasteiger partial charge < -0.3 is 0 Å². The molecule has 1 aromatic rings. The van der Waals surface area contributed by atoms with Gasteiger partial charge in [0.25, 0.3) is 0 Å². The van der Waals surface area contributed by atoms with Crippen LogP contribution in [0.3, 0.4) is 0 Å².